The maximum atomic E-state index is 11.6. The fraction of sp³-hybridized carbons (Fsp3) is 0.231. The van der Waals surface area contributed by atoms with Gasteiger partial charge in [-0.1, -0.05) is 6.07 Å². The van der Waals surface area contributed by atoms with Crippen LogP contribution in [0.15, 0.2) is 40.7 Å². The van der Waals surface area contributed by atoms with Crippen LogP contribution in [0.1, 0.15) is 19.5 Å². The fourth-order valence-corrected chi connectivity index (χ4v) is 2.21. The number of nitrogens with zero attached hydrogens (tertiary/aromatic N) is 2. The summed E-state index contributed by atoms with van der Waals surface area (Å²) in [6, 6.07) is 4.99. The molecule has 0 bridgehead atoms. The van der Waals surface area contributed by atoms with Gasteiger partial charge in [-0.2, -0.15) is 0 Å². The van der Waals surface area contributed by atoms with Gasteiger partial charge in [0.15, 0.2) is 0 Å². The van der Waals surface area contributed by atoms with E-state index in [0.29, 0.717) is 5.69 Å². The van der Waals surface area contributed by atoms with E-state index in [2.05, 4.69) is 9.98 Å². The second-order valence-electron chi connectivity index (χ2n) is 4.37. The standard InChI is InChI=1S/C13H12N2O4/c1-7-9(11(16)17)13(2,12(18)19)10(15-7)8-5-3-4-6-14-8/h3-6H,1-2H3,(H,16,17)(H,18,19). The van der Waals surface area contributed by atoms with Gasteiger partial charge in [0.2, 0.25) is 0 Å². The summed E-state index contributed by atoms with van der Waals surface area (Å²) in [6.07, 6.45) is 1.51. The number of pyridine rings is 1. The Bertz CT molecular complexity index is 619. The molecule has 0 aliphatic carbocycles. The van der Waals surface area contributed by atoms with Crippen molar-refractivity contribution in [3.05, 3.63) is 41.4 Å². The van der Waals surface area contributed by atoms with E-state index in [0.717, 1.165) is 0 Å². The Balaban J connectivity index is 2.64. The number of allylic oxidation sites excluding steroid dienone is 1. The monoisotopic (exact) mass is 260 g/mol. The molecule has 0 saturated carbocycles. The summed E-state index contributed by atoms with van der Waals surface area (Å²) >= 11 is 0. The van der Waals surface area contributed by atoms with Gasteiger partial charge < -0.3 is 10.2 Å². The topological polar surface area (TPSA) is 99.8 Å². The Morgan fingerprint density at radius 3 is 2.42 bits per heavy atom. The molecule has 0 amide bonds. The van der Waals surface area contributed by atoms with Gasteiger partial charge in [0.05, 0.1) is 17.0 Å². The van der Waals surface area contributed by atoms with E-state index in [1.807, 2.05) is 0 Å². The lowest BCUT2D eigenvalue weighted by Crippen LogP contribution is -2.39. The van der Waals surface area contributed by atoms with Gasteiger partial charge in [0.25, 0.3) is 0 Å². The molecule has 6 nitrogen and oxygen atoms in total. The molecular formula is C13H12N2O4. The Kier molecular flexibility index (Phi) is 2.94. The third kappa shape index (κ3) is 1.81. The highest BCUT2D eigenvalue weighted by Crippen LogP contribution is 2.40. The van der Waals surface area contributed by atoms with Crippen LogP contribution in [0.2, 0.25) is 0 Å². The zero-order chi connectivity index (χ0) is 14.2. The van der Waals surface area contributed by atoms with Gasteiger partial charge >= 0.3 is 11.9 Å². The zero-order valence-electron chi connectivity index (χ0n) is 10.4. The van der Waals surface area contributed by atoms with Gasteiger partial charge in [-0.3, -0.25) is 14.8 Å². The first kappa shape index (κ1) is 12.9. The summed E-state index contributed by atoms with van der Waals surface area (Å²) in [5.74, 6) is -2.54. The lowest BCUT2D eigenvalue weighted by Gasteiger charge is -2.22. The van der Waals surface area contributed by atoms with Crippen molar-refractivity contribution in [2.45, 2.75) is 13.8 Å². The van der Waals surface area contributed by atoms with E-state index >= 15 is 0 Å². The third-order valence-electron chi connectivity index (χ3n) is 3.16. The maximum absolute atomic E-state index is 11.6. The van der Waals surface area contributed by atoms with Crippen LogP contribution in [0.3, 0.4) is 0 Å². The van der Waals surface area contributed by atoms with Crippen LogP contribution in [0.5, 0.6) is 0 Å². The van der Waals surface area contributed by atoms with Crippen molar-refractivity contribution in [3.8, 4) is 0 Å². The van der Waals surface area contributed by atoms with Gasteiger partial charge in [0.1, 0.15) is 5.41 Å². The fourth-order valence-electron chi connectivity index (χ4n) is 2.21. The highest BCUT2D eigenvalue weighted by atomic mass is 16.4. The molecule has 0 aromatic carbocycles. The number of rotatable bonds is 3. The van der Waals surface area contributed by atoms with Crippen molar-refractivity contribution in [3.63, 3.8) is 0 Å². The largest absolute Gasteiger partial charge is 0.480 e. The van der Waals surface area contributed by atoms with Gasteiger partial charge in [-0.25, -0.2) is 4.79 Å². The lowest BCUT2D eigenvalue weighted by atomic mass is 9.77. The van der Waals surface area contributed by atoms with Crippen LogP contribution in [0.4, 0.5) is 0 Å². The number of hydrogen-bond acceptors (Lipinski definition) is 4. The highest BCUT2D eigenvalue weighted by molar-refractivity contribution is 6.22. The molecule has 6 heteroatoms. The molecule has 98 valence electrons. The number of aromatic nitrogens is 1. The first-order chi connectivity index (χ1) is 8.89. The van der Waals surface area contributed by atoms with Crippen molar-refractivity contribution in [2.75, 3.05) is 0 Å². The highest BCUT2D eigenvalue weighted by Gasteiger charge is 2.51. The van der Waals surface area contributed by atoms with Crippen molar-refractivity contribution >= 4 is 17.7 Å². The van der Waals surface area contributed by atoms with Crippen molar-refractivity contribution < 1.29 is 19.8 Å². The summed E-state index contributed by atoms with van der Waals surface area (Å²) in [5, 5.41) is 18.7. The summed E-state index contributed by atoms with van der Waals surface area (Å²) in [5.41, 5.74) is -1.21. The van der Waals surface area contributed by atoms with Gasteiger partial charge in [0, 0.05) is 11.9 Å². The second kappa shape index (κ2) is 4.31. The summed E-state index contributed by atoms with van der Waals surface area (Å²) in [6.45, 7) is 2.82. The number of carboxylic acids is 2. The average Bonchev–Trinajstić information content (AvgIpc) is 2.63. The van der Waals surface area contributed by atoms with Gasteiger partial charge in [-0.05, 0) is 26.0 Å². The summed E-state index contributed by atoms with van der Waals surface area (Å²) in [7, 11) is 0. The molecular weight excluding hydrogens is 248 g/mol. The van der Waals surface area contributed by atoms with Crippen LogP contribution in [0.25, 0.3) is 0 Å². The molecule has 1 aliphatic heterocycles. The minimum atomic E-state index is -1.69. The molecule has 1 atom stereocenters. The van der Waals surface area contributed by atoms with E-state index in [1.54, 1.807) is 18.2 Å². The summed E-state index contributed by atoms with van der Waals surface area (Å²) in [4.78, 5) is 31.0. The maximum Gasteiger partial charge on any atom is 0.334 e. The molecule has 1 aromatic rings. The van der Waals surface area contributed by atoms with Crippen LogP contribution in [-0.4, -0.2) is 32.8 Å². The zero-order valence-corrected chi connectivity index (χ0v) is 10.4. The lowest BCUT2D eigenvalue weighted by molar-refractivity contribution is -0.145. The van der Waals surface area contributed by atoms with Crippen LogP contribution < -0.4 is 0 Å². The molecule has 1 aromatic heterocycles. The molecule has 0 radical (unpaired) electrons. The number of aliphatic imine (C=N–C) groups is 1. The molecule has 1 aliphatic rings. The minimum absolute atomic E-state index is 0.149. The molecule has 0 fully saturated rings. The molecule has 19 heavy (non-hydrogen) atoms. The number of carboxylic acid groups (broad SMARTS) is 2. The van der Waals surface area contributed by atoms with Crippen LogP contribution in [-0.2, 0) is 9.59 Å². The van der Waals surface area contributed by atoms with Crippen molar-refractivity contribution in [2.24, 2.45) is 10.4 Å². The van der Waals surface area contributed by atoms with E-state index in [9.17, 15) is 19.8 Å². The number of hydrogen-bond donors (Lipinski definition) is 2. The summed E-state index contributed by atoms with van der Waals surface area (Å²) < 4.78 is 0. The van der Waals surface area contributed by atoms with Crippen molar-refractivity contribution in [1.29, 1.82) is 0 Å². The quantitative estimate of drug-likeness (QED) is 0.854. The Labute approximate surface area is 109 Å². The molecule has 1 unspecified atom stereocenters. The van der Waals surface area contributed by atoms with E-state index < -0.39 is 17.4 Å². The van der Waals surface area contributed by atoms with E-state index in [1.165, 1.54) is 20.0 Å². The SMILES string of the molecule is CC1=C(C(=O)O)C(C)(C(=O)O)C(c2ccccn2)=N1. The smallest absolute Gasteiger partial charge is 0.334 e. The molecule has 2 N–H and O–H groups in total. The van der Waals surface area contributed by atoms with Crippen molar-refractivity contribution in [1.82, 2.24) is 4.98 Å². The number of carbonyl (C=O) groups is 2. The molecule has 2 heterocycles. The third-order valence-corrected chi connectivity index (χ3v) is 3.16. The predicted octanol–water partition coefficient (Wildman–Crippen LogP) is 1.33. The molecule has 0 saturated heterocycles. The Morgan fingerprint density at radius 2 is 1.95 bits per heavy atom. The van der Waals surface area contributed by atoms with E-state index in [-0.39, 0.29) is 17.0 Å². The Hall–Kier alpha value is -2.50. The second-order valence-corrected chi connectivity index (χ2v) is 4.37. The molecule has 2 rings (SSSR count). The first-order valence-electron chi connectivity index (χ1n) is 5.57. The average molecular weight is 260 g/mol. The van der Waals surface area contributed by atoms with Gasteiger partial charge in [-0.15, -0.1) is 0 Å². The Morgan fingerprint density at radius 1 is 1.26 bits per heavy atom. The normalized spacial score (nSPS) is 22.3. The first-order valence-corrected chi connectivity index (χ1v) is 5.57. The molecule has 0 spiro atoms. The van der Waals surface area contributed by atoms with Crippen LogP contribution >= 0.6 is 0 Å². The van der Waals surface area contributed by atoms with Crippen LogP contribution in [0, 0.1) is 5.41 Å². The predicted molar refractivity (Wildman–Crippen MR) is 66.9 cm³/mol. The number of aliphatic carboxylic acids is 2. The van der Waals surface area contributed by atoms with E-state index in [4.69, 9.17) is 0 Å². The minimum Gasteiger partial charge on any atom is -0.480 e.